The summed E-state index contributed by atoms with van der Waals surface area (Å²) in [5.74, 6) is -0.00631. The standard InChI is InChI=1S/C18H26O3/c1-4-6-7-8-9-17(18(19)20)16(5-2)14-10-12-15(21-3)13-11-14/h10-13H,4-9H2,1-3H3,(H,19,20). The Kier molecular flexibility index (Phi) is 7.59. The van der Waals surface area contributed by atoms with Crippen molar-refractivity contribution in [2.24, 2.45) is 0 Å². The van der Waals surface area contributed by atoms with Gasteiger partial charge in [0.15, 0.2) is 0 Å². The summed E-state index contributed by atoms with van der Waals surface area (Å²) in [7, 11) is 1.63. The van der Waals surface area contributed by atoms with Gasteiger partial charge in [0.1, 0.15) is 5.75 Å². The van der Waals surface area contributed by atoms with Crippen LogP contribution in [0, 0.1) is 0 Å². The molecule has 1 aromatic carbocycles. The lowest BCUT2D eigenvalue weighted by Gasteiger charge is -2.12. The first-order chi connectivity index (χ1) is 10.1. The second-order valence-corrected chi connectivity index (χ2v) is 5.15. The molecule has 3 nitrogen and oxygen atoms in total. The van der Waals surface area contributed by atoms with Crippen molar-refractivity contribution in [3.8, 4) is 5.75 Å². The number of carbonyl (C=O) groups is 1. The lowest BCUT2D eigenvalue weighted by molar-refractivity contribution is -0.132. The molecule has 1 N–H and O–H groups in total. The van der Waals surface area contributed by atoms with Crippen molar-refractivity contribution in [3.05, 3.63) is 35.4 Å². The average molecular weight is 290 g/mol. The van der Waals surface area contributed by atoms with E-state index in [4.69, 9.17) is 4.74 Å². The fourth-order valence-corrected chi connectivity index (χ4v) is 2.50. The molecule has 0 aliphatic heterocycles. The number of ether oxygens (including phenoxy) is 1. The third kappa shape index (κ3) is 5.25. The number of aliphatic carboxylic acids is 1. The number of carboxylic acids is 1. The van der Waals surface area contributed by atoms with Gasteiger partial charge >= 0.3 is 5.97 Å². The van der Waals surface area contributed by atoms with E-state index >= 15 is 0 Å². The number of methoxy groups -OCH3 is 1. The van der Waals surface area contributed by atoms with Crippen LogP contribution in [-0.2, 0) is 4.79 Å². The Morgan fingerprint density at radius 2 is 1.76 bits per heavy atom. The molecule has 21 heavy (non-hydrogen) atoms. The molecule has 0 fully saturated rings. The normalized spacial score (nSPS) is 12.0. The van der Waals surface area contributed by atoms with Gasteiger partial charge in [0.25, 0.3) is 0 Å². The van der Waals surface area contributed by atoms with Crippen molar-refractivity contribution in [1.82, 2.24) is 0 Å². The molecule has 0 unspecified atom stereocenters. The van der Waals surface area contributed by atoms with Crippen LogP contribution in [0.15, 0.2) is 29.8 Å². The van der Waals surface area contributed by atoms with E-state index in [1.807, 2.05) is 31.2 Å². The quantitative estimate of drug-likeness (QED) is 0.519. The second kappa shape index (κ2) is 9.22. The minimum absolute atomic E-state index is 0.554. The van der Waals surface area contributed by atoms with E-state index in [0.29, 0.717) is 12.0 Å². The Bertz CT molecular complexity index is 472. The molecule has 0 spiro atoms. The summed E-state index contributed by atoms with van der Waals surface area (Å²) >= 11 is 0. The highest BCUT2D eigenvalue weighted by Gasteiger charge is 2.14. The van der Waals surface area contributed by atoms with Crippen LogP contribution in [0.5, 0.6) is 5.75 Å². The van der Waals surface area contributed by atoms with Gasteiger partial charge in [-0.05, 0) is 42.5 Å². The lowest BCUT2D eigenvalue weighted by atomic mass is 9.94. The van der Waals surface area contributed by atoms with Crippen LogP contribution in [-0.4, -0.2) is 18.2 Å². The number of benzene rings is 1. The zero-order valence-corrected chi connectivity index (χ0v) is 13.3. The fourth-order valence-electron chi connectivity index (χ4n) is 2.50. The van der Waals surface area contributed by atoms with Crippen LogP contribution in [0.4, 0.5) is 0 Å². The summed E-state index contributed by atoms with van der Waals surface area (Å²) in [5, 5.41) is 9.51. The molecule has 0 amide bonds. The van der Waals surface area contributed by atoms with Gasteiger partial charge in [-0.3, -0.25) is 0 Å². The Balaban J connectivity index is 2.98. The van der Waals surface area contributed by atoms with Crippen molar-refractivity contribution in [2.75, 3.05) is 7.11 Å². The molecule has 0 atom stereocenters. The first-order valence-corrected chi connectivity index (χ1v) is 7.73. The summed E-state index contributed by atoms with van der Waals surface area (Å²) in [6, 6.07) is 7.63. The maximum atomic E-state index is 11.6. The van der Waals surface area contributed by atoms with E-state index in [1.165, 1.54) is 0 Å². The minimum Gasteiger partial charge on any atom is -0.497 e. The monoisotopic (exact) mass is 290 g/mol. The van der Waals surface area contributed by atoms with E-state index in [9.17, 15) is 9.90 Å². The topological polar surface area (TPSA) is 46.5 Å². The summed E-state index contributed by atoms with van der Waals surface area (Å²) in [4.78, 5) is 11.6. The third-order valence-electron chi connectivity index (χ3n) is 3.69. The summed E-state index contributed by atoms with van der Waals surface area (Å²) in [5.41, 5.74) is 2.46. The maximum Gasteiger partial charge on any atom is 0.331 e. The van der Waals surface area contributed by atoms with Crippen LogP contribution >= 0.6 is 0 Å². The van der Waals surface area contributed by atoms with Gasteiger partial charge in [0.2, 0.25) is 0 Å². The molecule has 116 valence electrons. The van der Waals surface area contributed by atoms with Gasteiger partial charge in [0.05, 0.1) is 7.11 Å². The molecule has 0 saturated carbocycles. The third-order valence-corrected chi connectivity index (χ3v) is 3.69. The second-order valence-electron chi connectivity index (χ2n) is 5.15. The van der Waals surface area contributed by atoms with Crippen molar-refractivity contribution in [3.63, 3.8) is 0 Å². The van der Waals surface area contributed by atoms with Crippen molar-refractivity contribution in [2.45, 2.75) is 52.4 Å². The smallest absolute Gasteiger partial charge is 0.331 e. The first kappa shape index (κ1) is 17.3. The molecule has 1 aromatic rings. The molecular weight excluding hydrogens is 264 g/mol. The van der Waals surface area contributed by atoms with Crippen LogP contribution < -0.4 is 4.74 Å². The Morgan fingerprint density at radius 3 is 2.24 bits per heavy atom. The Labute approximate surface area is 127 Å². The molecule has 0 aliphatic carbocycles. The highest BCUT2D eigenvalue weighted by atomic mass is 16.5. The van der Waals surface area contributed by atoms with Crippen molar-refractivity contribution >= 4 is 11.5 Å². The van der Waals surface area contributed by atoms with E-state index in [1.54, 1.807) is 7.11 Å². The van der Waals surface area contributed by atoms with Gasteiger partial charge < -0.3 is 9.84 Å². The van der Waals surface area contributed by atoms with Crippen LogP contribution in [0.3, 0.4) is 0 Å². The van der Waals surface area contributed by atoms with E-state index in [2.05, 4.69) is 6.92 Å². The highest BCUT2D eigenvalue weighted by Crippen LogP contribution is 2.27. The lowest BCUT2D eigenvalue weighted by Crippen LogP contribution is -2.05. The number of hydrogen-bond donors (Lipinski definition) is 1. The molecule has 3 heteroatoms. The molecule has 0 aliphatic rings. The fraction of sp³-hybridized carbons (Fsp3) is 0.500. The van der Waals surface area contributed by atoms with Gasteiger partial charge in [-0.15, -0.1) is 0 Å². The summed E-state index contributed by atoms with van der Waals surface area (Å²) in [6.45, 7) is 4.16. The molecule has 0 radical (unpaired) electrons. The average Bonchev–Trinajstić information content (AvgIpc) is 2.50. The molecule has 0 saturated heterocycles. The number of allylic oxidation sites excluding steroid dienone is 1. The minimum atomic E-state index is -0.792. The van der Waals surface area contributed by atoms with Crippen molar-refractivity contribution in [1.29, 1.82) is 0 Å². The molecule has 0 aromatic heterocycles. The van der Waals surface area contributed by atoms with Gasteiger partial charge in [-0.2, -0.15) is 0 Å². The number of unbranched alkanes of at least 4 members (excludes halogenated alkanes) is 3. The summed E-state index contributed by atoms with van der Waals surface area (Å²) < 4.78 is 5.15. The summed E-state index contributed by atoms with van der Waals surface area (Å²) in [6.07, 6.45) is 5.72. The van der Waals surface area contributed by atoms with Gasteiger partial charge in [-0.25, -0.2) is 4.79 Å². The van der Waals surface area contributed by atoms with Crippen LogP contribution in [0.1, 0.15) is 57.9 Å². The molecule has 0 bridgehead atoms. The Morgan fingerprint density at radius 1 is 1.10 bits per heavy atom. The number of rotatable bonds is 9. The zero-order valence-electron chi connectivity index (χ0n) is 13.3. The SMILES string of the molecule is CCCCCCC(C(=O)O)=C(CC)c1ccc(OC)cc1. The predicted molar refractivity (Wildman–Crippen MR) is 86.6 cm³/mol. The first-order valence-electron chi connectivity index (χ1n) is 7.73. The number of hydrogen-bond acceptors (Lipinski definition) is 2. The van der Waals surface area contributed by atoms with Gasteiger partial charge in [0, 0.05) is 5.57 Å². The largest absolute Gasteiger partial charge is 0.497 e. The Hall–Kier alpha value is -1.77. The van der Waals surface area contributed by atoms with Crippen LogP contribution in [0.25, 0.3) is 5.57 Å². The van der Waals surface area contributed by atoms with E-state index in [-0.39, 0.29) is 0 Å². The highest BCUT2D eigenvalue weighted by molar-refractivity contribution is 5.96. The molecule has 0 heterocycles. The molecule has 1 rings (SSSR count). The molecular formula is C18H26O3. The van der Waals surface area contributed by atoms with E-state index in [0.717, 1.165) is 49.0 Å². The van der Waals surface area contributed by atoms with Gasteiger partial charge in [-0.1, -0.05) is 45.2 Å². The number of carboxylic acid groups (broad SMARTS) is 1. The van der Waals surface area contributed by atoms with Crippen LogP contribution in [0.2, 0.25) is 0 Å². The van der Waals surface area contributed by atoms with Crippen molar-refractivity contribution < 1.29 is 14.6 Å². The predicted octanol–water partition coefficient (Wildman–Crippen LogP) is 4.91. The zero-order chi connectivity index (χ0) is 15.7. The van der Waals surface area contributed by atoms with E-state index < -0.39 is 5.97 Å². The maximum absolute atomic E-state index is 11.6.